The van der Waals surface area contributed by atoms with E-state index in [1.165, 1.54) is 0 Å². The Morgan fingerprint density at radius 1 is 1.50 bits per heavy atom. The number of hydrogen-bond donors (Lipinski definition) is 0. The lowest BCUT2D eigenvalue weighted by atomic mass is 10.2. The second kappa shape index (κ2) is 3.23. The van der Waals surface area contributed by atoms with E-state index in [9.17, 15) is 9.59 Å². The normalized spacial score (nSPS) is 10.4. The molecule has 1 aromatic carbocycles. The van der Waals surface area contributed by atoms with E-state index in [1.54, 1.807) is 18.2 Å². The Morgan fingerprint density at radius 3 is 2.93 bits per heavy atom. The molecule has 2 aromatic rings. The van der Waals surface area contributed by atoms with Crippen molar-refractivity contribution in [2.45, 2.75) is 0 Å². The summed E-state index contributed by atoms with van der Waals surface area (Å²) >= 11 is 5.19. The predicted octanol–water partition coefficient (Wildman–Crippen LogP) is 2.02. The molecule has 0 aliphatic carbocycles. The van der Waals surface area contributed by atoms with Crippen LogP contribution in [0.15, 0.2) is 22.6 Å². The molecule has 0 saturated carbocycles. The maximum Gasteiger partial charge on any atom is 0.307 e. The van der Waals surface area contributed by atoms with Crippen molar-refractivity contribution >= 4 is 34.2 Å². The van der Waals surface area contributed by atoms with Crippen LogP contribution in [0.3, 0.4) is 0 Å². The molecule has 0 radical (unpaired) electrons. The van der Waals surface area contributed by atoms with E-state index < -0.39 is 5.24 Å². The second-order valence-electron chi connectivity index (χ2n) is 2.60. The van der Waals surface area contributed by atoms with Crippen LogP contribution < -0.4 is 0 Å². The van der Waals surface area contributed by atoms with E-state index in [2.05, 4.69) is 4.98 Å². The molecule has 70 valence electrons. The number of carbonyl (C=O) groups is 2. The quantitative estimate of drug-likeness (QED) is 0.561. The number of carbonyl (C=O) groups excluding carboxylic acids is 2. The topological polar surface area (TPSA) is 60.2 Å². The molecule has 2 rings (SSSR count). The zero-order valence-electron chi connectivity index (χ0n) is 6.86. The predicted molar refractivity (Wildman–Crippen MR) is 49.6 cm³/mol. The highest BCUT2D eigenvalue weighted by Gasteiger charge is 2.13. The standard InChI is InChI=1S/C9H4ClNO3/c10-8(13)9-11-7-5(4-12)2-1-3-6(7)14-9/h1-4H. The van der Waals surface area contributed by atoms with Crippen molar-refractivity contribution in [2.75, 3.05) is 0 Å². The maximum absolute atomic E-state index is 10.7. The first kappa shape index (κ1) is 8.90. The van der Waals surface area contributed by atoms with E-state index in [0.29, 0.717) is 22.9 Å². The summed E-state index contributed by atoms with van der Waals surface area (Å²) in [5.74, 6) is -0.198. The lowest BCUT2D eigenvalue weighted by Crippen LogP contribution is -1.87. The van der Waals surface area contributed by atoms with Gasteiger partial charge in [-0.15, -0.1) is 0 Å². The molecular formula is C9H4ClNO3. The molecule has 14 heavy (non-hydrogen) atoms. The molecular weight excluding hydrogens is 206 g/mol. The Labute approximate surface area is 83.5 Å². The summed E-state index contributed by atoms with van der Waals surface area (Å²) in [5.41, 5.74) is 1.10. The lowest BCUT2D eigenvalue weighted by molar-refractivity contribution is 0.105. The van der Waals surface area contributed by atoms with Crippen LogP contribution in [0, 0.1) is 0 Å². The number of rotatable bonds is 2. The van der Waals surface area contributed by atoms with Crippen molar-refractivity contribution in [3.05, 3.63) is 29.7 Å². The van der Waals surface area contributed by atoms with Gasteiger partial charge in [-0.2, -0.15) is 0 Å². The van der Waals surface area contributed by atoms with Gasteiger partial charge in [-0.05, 0) is 23.7 Å². The van der Waals surface area contributed by atoms with Crippen LogP contribution in [0.2, 0.25) is 0 Å². The third kappa shape index (κ3) is 1.29. The van der Waals surface area contributed by atoms with E-state index in [4.69, 9.17) is 16.0 Å². The Kier molecular flexibility index (Phi) is 2.05. The molecule has 0 aliphatic heterocycles. The fraction of sp³-hybridized carbons (Fsp3) is 0. The van der Waals surface area contributed by atoms with Gasteiger partial charge in [0.15, 0.2) is 11.9 Å². The summed E-state index contributed by atoms with van der Waals surface area (Å²) in [7, 11) is 0. The maximum atomic E-state index is 10.7. The highest BCUT2D eigenvalue weighted by atomic mass is 35.5. The van der Waals surface area contributed by atoms with Crippen molar-refractivity contribution < 1.29 is 14.0 Å². The molecule has 0 unspecified atom stereocenters. The number of aldehydes is 1. The monoisotopic (exact) mass is 209 g/mol. The number of aromatic nitrogens is 1. The molecule has 0 fully saturated rings. The third-order valence-corrected chi connectivity index (χ3v) is 1.91. The van der Waals surface area contributed by atoms with Gasteiger partial charge in [-0.3, -0.25) is 9.59 Å². The Balaban J connectivity index is 2.76. The molecule has 0 N–H and O–H groups in total. The van der Waals surface area contributed by atoms with Crippen molar-refractivity contribution in [2.24, 2.45) is 0 Å². The summed E-state index contributed by atoms with van der Waals surface area (Å²) in [4.78, 5) is 25.1. The van der Waals surface area contributed by atoms with Crippen LogP contribution in [0.1, 0.15) is 21.0 Å². The molecule has 0 spiro atoms. The summed E-state index contributed by atoms with van der Waals surface area (Å²) in [6, 6.07) is 4.83. The summed E-state index contributed by atoms with van der Waals surface area (Å²) in [6.07, 6.45) is 0.646. The summed E-state index contributed by atoms with van der Waals surface area (Å²) in [6.45, 7) is 0. The number of hydrogen-bond acceptors (Lipinski definition) is 4. The first-order chi connectivity index (χ1) is 6.72. The van der Waals surface area contributed by atoms with Gasteiger partial charge in [0.2, 0.25) is 0 Å². The number of para-hydroxylation sites is 1. The molecule has 4 nitrogen and oxygen atoms in total. The minimum absolute atomic E-state index is 0.198. The first-order valence-corrected chi connectivity index (χ1v) is 4.14. The molecule has 0 amide bonds. The molecule has 0 saturated heterocycles. The number of halogens is 1. The van der Waals surface area contributed by atoms with Gasteiger partial charge in [0.1, 0.15) is 5.52 Å². The number of nitrogens with zero attached hydrogens (tertiary/aromatic N) is 1. The van der Waals surface area contributed by atoms with E-state index in [1.807, 2.05) is 0 Å². The van der Waals surface area contributed by atoms with Crippen LogP contribution in [0.4, 0.5) is 0 Å². The summed E-state index contributed by atoms with van der Waals surface area (Å²) < 4.78 is 5.02. The smallest absolute Gasteiger partial charge is 0.307 e. The number of fused-ring (bicyclic) bond motifs is 1. The largest absolute Gasteiger partial charge is 0.433 e. The number of oxazole rings is 1. The van der Waals surface area contributed by atoms with Gasteiger partial charge < -0.3 is 4.42 Å². The lowest BCUT2D eigenvalue weighted by Gasteiger charge is -1.87. The minimum Gasteiger partial charge on any atom is -0.433 e. The van der Waals surface area contributed by atoms with Gasteiger partial charge in [0.25, 0.3) is 5.89 Å². The van der Waals surface area contributed by atoms with Gasteiger partial charge >= 0.3 is 5.24 Å². The first-order valence-electron chi connectivity index (χ1n) is 3.77. The van der Waals surface area contributed by atoms with Gasteiger partial charge in [-0.1, -0.05) is 6.07 Å². The van der Waals surface area contributed by atoms with Crippen molar-refractivity contribution in [3.8, 4) is 0 Å². The minimum atomic E-state index is -0.780. The van der Waals surface area contributed by atoms with Crippen LogP contribution in [-0.4, -0.2) is 16.5 Å². The fourth-order valence-electron chi connectivity index (χ4n) is 1.15. The van der Waals surface area contributed by atoms with Crippen molar-refractivity contribution in [1.29, 1.82) is 0 Å². The zero-order chi connectivity index (χ0) is 10.1. The molecule has 0 bridgehead atoms. The molecule has 1 heterocycles. The summed E-state index contributed by atoms with van der Waals surface area (Å²) in [5, 5.41) is -0.780. The Bertz CT molecular complexity index is 518. The highest BCUT2D eigenvalue weighted by Crippen LogP contribution is 2.19. The number of benzene rings is 1. The molecule has 1 aromatic heterocycles. The van der Waals surface area contributed by atoms with Gasteiger partial charge in [0, 0.05) is 5.56 Å². The zero-order valence-corrected chi connectivity index (χ0v) is 7.62. The van der Waals surface area contributed by atoms with Crippen molar-refractivity contribution in [1.82, 2.24) is 4.98 Å². The van der Waals surface area contributed by atoms with Gasteiger partial charge in [-0.25, -0.2) is 4.98 Å². The Hall–Kier alpha value is -1.68. The average Bonchev–Trinajstić information content (AvgIpc) is 2.60. The second-order valence-corrected chi connectivity index (χ2v) is 2.95. The van der Waals surface area contributed by atoms with Gasteiger partial charge in [0.05, 0.1) is 0 Å². The third-order valence-electron chi connectivity index (χ3n) is 1.75. The molecule has 5 heteroatoms. The SMILES string of the molecule is O=Cc1cccc2oc(C(=O)Cl)nc12. The van der Waals surface area contributed by atoms with Crippen LogP contribution in [-0.2, 0) is 0 Å². The van der Waals surface area contributed by atoms with Crippen LogP contribution >= 0.6 is 11.6 Å². The molecule has 0 atom stereocenters. The van der Waals surface area contributed by atoms with Crippen LogP contribution in [0.5, 0.6) is 0 Å². The van der Waals surface area contributed by atoms with E-state index in [-0.39, 0.29) is 5.89 Å². The fourth-order valence-corrected chi connectivity index (χ4v) is 1.23. The molecule has 0 aliphatic rings. The highest BCUT2D eigenvalue weighted by molar-refractivity contribution is 6.67. The van der Waals surface area contributed by atoms with E-state index in [0.717, 1.165) is 0 Å². The van der Waals surface area contributed by atoms with Crippen LogP contribution in [0.25, 0.3) is 11.1 Å². The van der Waals surface area contributed by atoms with Crippen molar-refractivity contribution in [3.63, 3.8) is 0 Å². The van der Waals surface area contributed by atoms with E-state index >= 15 is 0 Å². The Morgan fingerprint density at radius 2 is 2.29 bits per heavy atom. The average molecular weight is 210 g/mol.